The van der Waals surface area contributed by atoms with Gasteiger partial charge in [0.1, 0.15) is 0 Å². The summed E-state index contributed by atoms with van der Waals surface area (Å²) < 4.78 is 0. The molecule has 0 unspecified atom stereocenters. The molecule has 0 spiro atoms. The zero-order valence-electron chi connectivity index (χ0n) is 9.41. The van der Waals surface area contributed by atoms with Crippen LogP contribution >= 0.6 is 35.0 Å². The van der Waals surface area contributed by atoms with Crippen LogP contribution in [0.4, 0.5) is 0 Å². The third-order valence-electron chi connectivity index (χ3n) is 2.11. The Kier molecular flexibility index (Phi) is 4.27. The van der Waals surface area contributed by atoms with E-state index in [2.05, 4.69) is 15.0 Å². The smallest absolute Gasteiger partial charge is 0.251 e. The van der Waals surface area contributed by atoms with Gasteiger partial charge in [0.05, 0.1) is 15.7 Å². The predicted octanol–water partition coefficient (Wildman–Crippen LogP) is 3.07. The van der Waals surface area contributed by atoms with Crippen LogP contribution in [0.5, 0.6) is 0 Å². The van der Waals surface area contributed by atoms with Gasteiger partial charge in [0.2, 0.25) is 0 Å². The summed E-state index contributed by atoms with van der Waals surface area (Å²) in [5, 5.41) is 1.44. The fourth-order valence-corrected chi connectivity index (χ4v) is 2.61. The van der Waals surface area contributed by atoms with Gasteiger partial charge < -0.3 is 4.98 Å². The third kappa shape index (κ3) is 3.25. The summed E-state index contributed by atoms with van der Waals surface area (Å²) in [7, 11) is 0. The predicted molar refractivity (Wildman–Crippen MR) is 73.4 cm³/mol. The summed E-state index contributed by atoms with van der Waals surface area (Å²) in [5.74, 6) is 0.492. The van der Waals surface area contributed by atoms with Gasteiger partial charge in [-0.15, -0.1) is 0 Å². The molecule has 0 aliphatic heterocycles. The topological polar surface area (TPSA) is 58.6 Å². The fraction of sp³-hybridized carbons (Fsp3) is 0.182. The second-order valence-electron chi connectivity index (χ2n) is 3.53. The van der Waals surface area contributed by atoms with Crippen molar-refractivity contribution in [2.75, 3.05) is 0 Å². The number of rotatable bonds is 3. The van der Waals surface area contributed by atoms with Crippen molar-refractivity contribution in [3.05, 3.63) is 50.1 Å². The van der Waals surface area contributed by atoms with Crippen molar-refractivity contribution in [1.29, 1.82) is 0 Å². The first-order chi connectivity index (χ1) is 8.56. The summed E-state index contributed by atoms with van der Waals surface area (Å²) in [5.41, 5.74) is 1.17. The van der Waals surface area contributed by atoms with E-state index in [4.69, 9.17) is 23.2 Å². The Bertz CT molecular complexity index is 630. The van der Waals surface area contributed by atoms with E-state index < -0.39 is 0 Å². The summed E-state index contributed by atoms with van der Waals surface area (Å²) in [4.78, 5) is 22.3. The highest BCUT2D eigenvalue weighted by atomic mass is 35.5. The van der Waals surface area contributed by atoms with Crippen LogP contribution in [-0.2, 0) is 5.75 Å². The van der Waals surface area contributed by atoms with E-state index in [1.807, 2.05) is 0 Å². The molecule has 0 aromatic carbocycles. The molecule has 0 saturated carbocycles. The van der Waals surface area contributed by atoms with Gasteiger partial charge >= 0.3 is 0 Å². The number of halogens is 2. The molecule has 0 aliphatic carbocycles. The van der Waals surface area contributed by atoms with Crippen LogP contribution in [0, 0.1) is 6.92 Å². The molecular formula is C11H9Cl2N3OS. The quantitative estimate of drug-likeness (QED) is 0.699. The summed E-state index contributed by atoms with van der Waals surface area (Å²) >= 11 is 13.3. The molecule has 0 aliphatic rings. The van der Waals surface area contributed by atoms with E-state index in [-0.39, 0.29) is 5.56 Å². The van der Waals surface area contributed by atoms with Gasteiger partial charge in [-0.25, -0.2) is 4.98 Å². The minimum atomic E-state index is -0.171. The summed E-state index contributed by atoms with van der Waals surface area (Å²) in [6.45, 7) is 1.77. The average Bonchev–Trinajstić information content (AvgIpc) is 2.30. The number of hydrogen-bond acceptors (Lipinski definition) is 4. The van der Waals surface area contributed by atoms with Crippen molar-refractivity contribution in [1.82, 2.24) is 15.0 Å². The Morgan fingerprint density at radius 1 is 1.44 bits per heavy atom. The molecule has 2 heterocycles. The van der Waals surface area contributed by atoms with Crippen LogP contribution in [0.1, 0.15) is 11.4 Å². The second kappa shape index (κ2) is 5.73. The molecule has 0 saturated heterocycles. The van der Waals surface area contributed by atoms with Crippen LogP contribution in [-0.4, -0.2) is 15.0 Å². The second-order valence-corrected chi connectivity index (χ2v) is 5.28. The highest BCUT2D eigenvalue weighted by molar-refractivity contribution is 7.98. The van der Waals surface area contributed by atoms with Crippen molar-refractivity contribution in [3.63, 3.8) is 0 Å². The van der Waals surface area contributed by atoms with Crippen molar-refractivity contribution in [2.45, 2.75) is 17.8 Å². The number of nitrogens with zero attached hydrogens (tertiary/aromatic N) is 2. The molecule has 4 nitrogen and oxygen atoms in total. The zero-order valence-corrected chi connectivity index (χ0v) is 11.7. The van der Waals surface area contributed by atoms with E-state index in [0.717, 1.165) is 0 Å². The molecular weight excluding hydrogens is 293 g/mol. The number of pyridine rings is 1. The number of aromatic nitrogens is 3. The maximum atomic E-state index is 11.3. The van der Waals surface area contributed by atoms with Gasteiger partial charge in [-0.2, -0.15) is 0 Å². The lowest BCUT2D eigenvalue weighted by Gasteiger charge is -2.04. The van der Waals surface area contributed by atoms with Gasteiger partial charge in [0.25, 0.3) is 5.56 Å². The zero-order chi connectivity index (χ0) is 13.1. The summed E-state index contributed by atoms with van der Waals surface area (Å²) in [6, 6.07) is 3.07. The molecule has 7 heteroatoms. The molecule has 18 heavy (non-hydrogen) atoms. The van der Waals surface area contributed by atoms with Crippen molar-refractivity contribution in [2.24, 2.45) is 0 Å². The van der Waals surface area contributed by atoms with E-state index >= 15 is 0 Å². The molecule has 2 aromatic heterocycles. The van der Waals surface area contributed by atoms with Crippen LogP contribution in [0.2, 0.25) is 10.0 Å². The first kappa shape index (κ1) is 13.4. The normalized spacial score (nSPS) is 10.6. The van der Waals surface area contributed by atoms with Gasteiger partial charge in [-0.3, -0.25) is 9.78 Å². The van der Waals surface area contributed by atoms with Gasteiger partial charge in [-0.05, 0) is 13.0 Å². The van der Waals surface area contributed by atoms with Crippen LogP contribution in [0.3, 0.4) is 0 Å². The molecule has 0 atom stereocenters. The van der Waals surface area contributed by atoms with E-state index in [1.165, 1.54) is 17.8 Å². The minimum absolute atomic E-state index is 0.171. The maximum Gasteiger partial charge on any atom is 0.251 e. The molecule has 0 bridgehead atoms. The van der Waals surface area contributed by atoms with Gasteiger partial charge in [0, 0.05) is 23.7 Å². The van der Waals surface area contributed by atoms with Crippen molar-refractivity contribution >= 4 is 35.0 Å². The van der Waals surface area contributed by atoms with Gasteiger partial charge in [0.15, 0.2) is 5.16 Å². The largest absolute Gasteiger partial charge is 0.301 e. The Morgan fingerprint density at radius 3 is 2.94 bits per heavy atom. The number of nitrogens with one attached hydrogen (secondary N) is 1. The molecule has 2 rings (SSSR count). The highest BCUT2D eigenvalue weighted by Crippen LogP contribution is 2.28. The van der Waals surface area contributed by atoms with Crippen LogP contribution in [0.25, 0.3) is 0 Å². The third-order valence-corrected chi connectivity index (χ3v) is 3.83. The average molecular weight is 302 g/mol. The number of aromatic amines is 1. The highest BCUT2D eigenvalue weighted by Gasteiger charge is 2.07. The first-order valence-electron chi connectivity index (χ1n) is 5.06. The summed E-state index contributed by atoms with van der Waals surface area (Å²) in [6.07, 6.45) is 1.59. The van der Waals surface area contributed by atoms with E-state index in [0.29, 0.717) is 32.3 Å². The van der Waals surface area contributed by atoms with Gasteiger partial charge in [-0.1, -0.05) is 35.0 Å². The molecule has 2 aromatic rings. The number of aryl methyl sites for hydroxylation is 1. The Morgan fingerprint density at radius 2 is 2.22 bits per heavy atom. The Labute approximate surface area is 118 Å². The van der Waals surface area contributed by atoms with Crippen molar-refractivity contribution < 1.29 is 0 Å². The molecule has 1 N–H and O–H groups in total. The van der Waals surface area contributed by atoms with Crippen LogP contribution < -0.4 is 5.56 Å². The molecule has 0 fully saturated rings. The lowest BCUT2D eigenvalue weighted by Crippen LogP contribution is -2.08. The SMILES string of the molecule is Cc1cc(=O)[nH]c(SCc2nccc(Cl)c2Cl)n1. The minimum Gasteiger partial charge on any atom is -0.301 e. The van der Waals surface area contributed by atoms with Crippen LogP contribution in [0.15, 0.2) is 28.3 Å². The Hall–Kier alpha value is -1.04. The fourth-order valence-electron chi connectivity index (χ4n) is 1.32. The maximum absolute atomic E-state index is 11.3. The Balaban J connectivity index is 2.16. The number of thioether (sulfide) groups is 1. The first-order valence-corrected chi connectivity index (χ1v) is 6.80. The lowest BCUT2D eigenvalue weighted by molar-refractivity contribution is 0.904. The number of hydrogen-bond donors (Lipinski definition) is 1. The van der Waals surface area contributed by atoms with Crippen molar-refractivity contribution in [3.8, 4) is 0 Å². The standard InChI is InChI=1S/C11H9Cl2N3OS/c1-6-4-9(17)16-11(15-6)18-5-8-10(13)7(12)2-3-14-8/h2-4H,5H2,1H3,(H,15,16,17). The molecule has 0 amide bonds. The molecule has 94 valence electrons. The monoisotopic (exact) mass is 301 g/mol. The van der Waals surface area contributed by atoms with E-state index in [9.17, 15) is 4.79 Å². The number of H-pyrrole nitrogens is 1. The van der Waals surface area contributed by atoms with E-state index in [1.54, 1.807) is 19.2 Å². The lowest BCUT2D eigenvalue weighted by atomic mass is 10.4. The molecule has 0 radical (unpaired) electrons.